The molecule has 1 aromatic carbocycles. The minimum atomic E-state index is 0.000235. The van der Waals surface area contributed by atoms with E-state index in [2.05, 4.69) is 26.1 Å². The Bertz CT molecular complexity index is 527. The fourth-order valence-electron chi connectivity index (χ4n) is 1.37. The van der Waals surface area contributed by atoms with Crippen LogP contribution in [0.1, 0.15) is 12.8 Å². The molecule has 0 aliphatic rings. The zero-order chi connectivity index (χ0) is 12.4. The fourth-order valence-corrected chi connectivity index (χ4v) is 1.86. The van der Waals surface area contributed by atoms with Crippen LogP contribution in [0.15, 0.2) is 27.2 Å². The normalized spacial score (nSPS) is 12.7. The minimum absolute atomic E-state index is 0.000235. The van der Waals surface area contributed by atoms with Crippen LogP contribution >= 0.6 is 27.5 Å². The molecule has 1 heterocycles. The maximum Gasteiger partial charge on any atom is 0.228 e. The van der Waals surface area contributed by atoms with Crippen LogP contribution in [0.2, 0.25) is 5.02 Å². The molecule has 6 heteroatoms. The lowest BCUT2D eigenvalue weighted by Crippen LogP contribution is -2.17. The Kier molecular flexibility index (Phi) is 3.81. The van der Waals surface area contributed by atoms with Gasteiger partial charge in [-0.2, -0.15) is 4.98 Å². The molecule has 0 saturated carbocycles. The van der Waals surface area contributed by atoms with E-state index < -0.39 is 0 Å². The summed E-state index contributed by atoms with van der Waals surface area (Å²) in [5, 5.41) is 4.55. The van der Waals surface area contributed by atoms with Crippen molar-refractivity contribution in [2.24, 2.45) is 5.73 Å². The van der Waals surface area contributed by atoms with Crippen LogP contribution in [-0.2, 0) is 6.42 Å². The molecule has 2 rings (SSSR count). The summed E-state index contributed by atoms with van der Waals surface area (Å²) in [4.78, 5) is 4.27. The van der Waals surface area contributed by atoms with Gasteiger partial charge in [-0.15, -0.1) is 0 Å². The molecular formula is C11H11BrClN3O. The van der Waals surface area contributed by atoms with Gasteiger partial charge in [0.05, 0.1) is 5.02 Å². The van der Waals surface area contributed by atoms with E-state index in [-0.39, 0.29) is 6.04 Å². The molecule has 0 aliphatic carbocycles. The first-order valence-corrected chi connectivity index (χ1v) is 6.27. The average molecular weight is 317 g/mol. The Morgan fingerprint density at radius 3 is 2.94 bits per heavy atom. The monoisotopic (exact) mass is 315 g/mol. The van der Waals surface area contributed by atoms with Gasteiger partial charge >= 0.3 is 0 Å². The quantitative estimate of drug-likeness (QED) is 0.945. The Morgan fingerprint density at radius 2 is 2.29 bits per heavy atom. The summed E-state index contributed by atoms with van der Waals surface area (Å²) in [5.41, 5.74) is 6.51. The molecule has 0 amide bonds. The lowest BCUT2D eigenvalue weighted by molar-refractivity contribution is 0.372. The number of hydrogen-bond acceptors (Lipinski definition) is 4. The van der Waals surface area contributed by atoms with E-state index >= 15 is 0 Å². The van der Waals surface area contributed by atoms with Gasteiger partial charge in [-0.25, -0.2) is 0 Å². The van der Waals surface area contributed by atoms with Gasteiger partial charge in [0.1, 0.15) is 0 Å². The van der Waals surface area contributed by atoms with Crippen molar-refractivity contribution in [3.63, 3.8) is 0 Å². The fraction of sp³-hybridized carbons (Fsp3) is 0.273. The molecule has 0 aliphatic heterocycles. The highest BCUT2D eigenvalue weighted by atomic mass is 79.9. The molecular weight excluding hydrogens is 305 g/mol. The molecule has 17 heavy (non-hydrogen) atoms. The number of rotatable bonds is 3. The standard InChI is InChI=1S/C11H11BrClN3O/c1-6(14)4-10-15-11(16-17-10)7-2-3-9(13)8(12)5-7/h2-3,5-6H,4,14H2,1H3. The number of aromatic nitrogens is 2. The third-order valence-electron chi connectivity index (χ3n) is 2.14. The van der Waals surface area contributed by atoms with Crippen molar-refractivity contribution in [2.45, 2.75) is 19.4 Å². The second-order valence-electron chi connectivity index (χ2n) is 3.82. The molecule has 4 nitrogen and oxygen atoms in total. The van der Waals surface area contributed by atoms with Crippen LogP contribution in [0.3, 0.4) is 0 Å². The van der Waals surface area contributed by atoms with Crippen LogP contribution in [0, 0.1) is 0 Å². The molecule has 0 saturated heterocycles. The van der Waals surface area contributed by atoms with Crippen molar-refractivity contribution in [3.8, 4) is 11.4 Å². The highest BCUT2D eigenvalue weighted by Gasteiger charge is 2.11. The van der Waals surface area contributed by atoms with Crippen LogP contribution in [-0.4, -0.2) is 16.2 Å². The number of halogens is 2. The second-order valence-corrected chi connectivity index (χ2v) is 5.08. The second kappa shape index (κ2) is 5.16. The van der Waals surface area contributed by atoms with Gasteiger partial charge in [0, 0.05) is 22.5 Å². The summed E-state index contributed by atoms with van der Waals surface area (Å²) in [6, 6.07) is 5.47. The molecule has 2 aromatic rings. The molecule has 1 aromatic heterocycles. The van der Waals surface area contributed by atoms with Gasteiger partial charge < -0.3 is 10.3 Å². The summed E-state index contributed by atoms with van der Waals surface area (Å²) in [7, 11) is 0. The topological polar surface area (TPSA) is 64.9 Å². The molecule has 1 atom stereocenters. The van der Waals surface area contributed by atoms with Gasteiger partial charge in [-0.3, -0.25) is 0 Å². The van der Waals surface area contributed by atoms with E-state index in [1.54, 1.807) is 6.07 Å². The number of benzene rings is 1. The van der Waals surface area contributed by atoms with Crippen molar-refractivity contribution in [1.29, 1.82) is 0 Å². The molecule has 0 radical (unpaired) electrons. The Balaban J connectivity index is 2.27. The van der Waals surface area contributed by atoms with Crippen LogP contribution < -0.4 is 5.73 Å². The van der Waals surface area contributed by atoms with Gasteiger partial charge in [0.25, 0.3) is 0 Å². The Morgan fingerprint density at radius 1 is 1.53 bits per heavy atom. The summed E-state index contributed by atoms with van der Waals surface area (Å²) in [6.07, 6.45) is 0.571. The molecule has 2 N–H and O–H groups in total. The predicted octanol–water partition coefficient (Wildman–Crippen LogP) is 3.04. The summed E-state index contributed by atoms with van der Waals surface area (Å²) < 4.78 is 5.91. The van der Waals surface area contributed by atoms with Gasteiger partial charge in [-0.05, 0) is 41.1 Å². The SMILES string of the molecule is CC(N)Cc1nc(-c2ccc(Cl)c(Br)c2)no1. The lowest BCUT2D eigenvalue weighted by atomic mass is 10.2. The molecule has 0 fully saturated rings. The largest absolute Gasteiger partial charge is 0.339 e. The number of nitrogens with zero attached hydrogens (tertiary/aromatic N) is 2. The van der Waals surface area contributed by atoms with Crippen molar-refractivity contribution >= 4 is 27.5 Å². The van der Waals surface area contributed by atoms with Crippen molar-refractivity contribution in [1.82, 2.24) is 10.1 Å². The third-order valence-corrected chi connectivity index (χ3v) is 3.36. The van der Waals surface area contributed by atoms with Crippen molar-refractivity contribution in [2.75, 3.05) is 0 Å². The van der Waals surface area contributed by atoms with Crippen molar-refractivity contribution in [3.05, 3.63) is 33.6 Å². The maximum absolute atomic E-state index is 5.91. The first-order chi connectivity index (χ1) is 8.06. The number of nitrogens with two attached hydrogens (primary N) is 1. The summed E-state index contributed by atoms with van der Waals surface area (Å²) in [6.45, 7) is 1.89. The highest BCUT2D eigenvalue weighted by molar-refractivity contribution is 9.10. The van der Waals surface area contributed by atoms with Crippen molar-refractivity contribution < 1.29 is 4.52 Å². The summed E-state index contributed by atoms with van der Waals surface area (Å²) >= 11 is 9.27. The average Bonchev–Trinajstić information content (AvgIpc) is 2.69. The Labute approximate surface area is 112 Å². The molecule has 0 bridgehead atoms. The highest BCUT2D eigenvalue weighted by Crippen LogP contribution is 2.27. The smallest absolute Gasteiger partial charge is 0.228 e. The first kappa shape index (κ1) is 12.5. The van der Waals surface area contributed by atoms with Gasteiger partial charge in [0.2, 0.25) is 11.7 Å². The first-order valence-electron chi connectivity index (χ1n) is 5.10. The van der Waals surface area contributed by atoms with E-state index in [1.165, 1.54) is 0 Å². The molecule has 0 spiro atoms. The zero-order valence-electron chi connectivity index (χ0n) is 9.15. The third kappa shape index (κ3) is 3.06. The molecule has 1 unspecified atom stereocenters. The van der Waals surface area contributed by atoms with Crippen LogP contribution in [0.25, 0.3) is 11.4 Å². The Hall–Kier alpha value is -0.910. The maximum atomic E-state index is 5.91. The van der Waals surface area contributed by atoms with E-state index in [1.807, 2.05) is 19.1 Å². The minimum Gasteiger partial charge on any atom is -0.339 e. The van der Waals surface area contributed by atoms with E-state index in [0.717, 1.165) is 10.0 Å². The van der Waals surface area contributed by atoms with Gasteiger partial charge in [0.15, 0.2) is 0 Å². The van der Waals surface area contributed by atoms with E-state index in [0.29, 0.717) is 23.2 Å². The van der Waals surface area contributed by atoms with E-state index in [9.17, 15) is 0 Å². The van der Waals surface area contributed by atoms with Gasteiger partial charge in [-0.1, -0.05) is 16.8 Å². The van der Waals surface area contributed by atoms with E-state index in [4.69, 9.17) is 21.9 Å². The number of hydrogen-bond donors (Lipinski definition) is 1. The van der Waals surface area contributed by atoms with Crippen LogP contribution in [0.4, 0.5) is 0 Å². The molecule has 90 valence electrons. The summed E-state index contributed by atoms with van der Waals surface area (Å²) in [5.74, 6) is 1.08. The lowest BCUT2D eigenvalue weighted by Gasteiger charge is -1.98. The van der Waals surface area contributed by atoms with Crippen LogP contribution in [0.5, 0.6) is 0 Å². The zero-order valence-corrected chi connectivity index (χ0v) is 11.5. The predicted molar refractivity (Wildman–Crippen MR) is 69.8 cm³/mol.